The molecule has 0 spiro atoms. The second kappa shape index (κ2) is 10.2. The Balaban J connectivity index is 2.14. The topological polar surface area (TPSA) is 70.1 Å². The molecule has 2 rings (SSSR count). The number of carbonyl (C=O) groups excluding carboxylic acids is 1. The Morgan fingerprint density at radius 2 is 1.93 bits per heavy atom. The molecule has 1 aliphatic carbocycles. The summed E-state index contributed by atoms with van der Waals surface area (Å²) in [6, 6.07) is 6.77. The molecule has 1 aromatic carbocycles. The summed E-state index contributed by atoms with van der Waals surface area (Å²) in [6.07, 6.45) is 6.20. The Labute approximate surface area is 162 Å². The van der Waals surface area contributed by atoms with Gasteiger partial charge in [0.15, 0.2) is 0 Å². The lowest BCUT2D eigenvalue weighted by Crippen LogP contribution is -2.43. The summed E-state index contributed by atoms with van der Waals surface area (Å²) >= 11 is 0. The number of anilines is 1. The Morgan fingerprint density at radius 1 is 1.22 bits per heavy atom. The minimum absolute atomic E-state index is 0.211. The summed E-state index contributed by atoms with van der Waals surface area (Å²) in [7, 11) is 0. The fourth-order valence-electron chi connectivity index (χ4n) is 3.63. The van der Waals surface area contributed by atoms with Crippen LogP contribution in [0, 0.1) is 0 Å². The van der Waals surface area contributed by atoms with Crippen LogP contribution in [0.5, 0.6) is 5.75 Å². The molecule has 6 heteroatoms. The molecular weight excluding hydrogens is 344 g/mol. The zero-order chi connectivity index (χ0) is 19.8. The molecule has 0 atom stereocenters. The Kier molecular flexibility index (Phi) is 7.95. The molecule has 1 saturated carbocycles. The quantitative estimate of drug-likeness (QED) is 0.681. The van der Waals surface area contributed by atoms with Gasteiger partial charge >= 0.3 is 12.2 Å². The van der Waals surface area contributed by atoms with Crippen LogP contribution in [0.25, 0.3) is 0 Å². The molecule has 0 radical (unpaired) electrons. The van der Waals surface area contributed by atoms with Crippen LogP contribution in [0.2, 0.25) is 0 Å². The van der Waals surface area contributed by atoms with E-state index in [9.17, 15) is 14.7 Å². The molecule has 2 amide bonds. The molecule has 0 unspecified atom stereocenters. The molecule has 1 N–H and O–H groups in total. The summed E-state index contributed by atoms with van der Waals surface area (Å²) in [4.78, 5) is 27.5. The maximum absolute atomic E-state index is 12.8. The Hall–Kier alpha value is -2.24. The average Bonchev–Trinajstić information content (AvgIpc) is 2.62. The first kappa shape index (κ1) is 21.1. The second-order valence-corrected chi connectivity index (χ2v) is 7.45. The fourth-order valence-corrected chi connectivity index (χ4v) is 3.63. The largest absolute Gasteiger partial charge is 0.465 e. The number of hydrogen-bond donors (Lipinski definition) is 1. The van der Waals surface area contributed by atoms with E-state index in [2.05, 4.69) is 6.92 Å². The van der Waals surface area contributed by atoms with E-state index in [0.717, 1.165) is 38.5 Å². The number of carbonyl (C=O) groups is 2. The minimum atomic E-state index is -1.03. The van der Waals surface area contributed by atoms with Crippen LogP contribution < -0.4 is 9.64 Å². The summed E-state index contributed by atoms with van der Waals surface area (Å²) < 4.78 is 5.64. The van der Waals surface area contributed by atoms with Gasteiger partial charge in [-0.1, -0.05) is 38.7 Å². The van der Waals surface area contributed by atoms with E-state index in [1.54, 1.807) is 24.3 Å². The standard InChI is InChI=1S/C21H32N2O4/c1-4-5-14-22(17-10-7-6-8-11-17)21(26)27-19-13-9-12-18(15-19)23(16(2)3)20(24)25/h9,12-13,15-17H,4-8,10-11,14H2,1-3H3,(H,24,25). The van der Waals surface area contributed by atoms with Crippen LogP contribution in [-0.4, -0.2) is 40.8 Å². The van der Waals surface area contributed by atoms with Crippen LogP contribution in [-0.2, 0) is 0 Å². The fraction of sp³-hybridized carbons (Fsp3) is 0.619. The number of hydrogen-bond acceptors (Lipinski definition) is 3. The van der Waals surface area contributed by atoms with Crippen LogP contribution in [0.15, 0.2) is 24.3 Å². The van der Waals surface area contributed by atoms with Crippen molar-refractivity contribution < 1.29 is 19.4 Å². The lowest BCUT2D eigenvalue weighted by molar-refractivity contribution is 0.116. The van der Waals surface area contributed by atoms with Crippen molar-refractivity contribution in [3.63, 3.8) is 0 Å². The van der Waals surface area contributed by atoms with Gasteiger partial charge in [0.2, 0.25) is 0 Å². The number of nitrogens with zero attached hydrogens (tertiary/aromatic N) is 2. The van der Waals surface area contributed by atoms with Gasteiger partial charge in [-0.2, -0.15) is 0 Å². The van der Waals surface area contributed by atoms with E-state index in [1.165, 1.54) is 11.3 Å². The first-order valence-corrected chi connectivity index (χ1v) is 10.0. The Bertz CT molecular complexity index is 626. The molecule has 6 nitrogen and oxygen atoms in total. The van der Waals surface area contributed by atoms with Crippen molar-refractivity contribution in [3.05, 3.63) is 24.3 Å². The smallest absolute Gasteiger partial charge is 0.415 e. The van der Waals surface area contributed by atoms with Crippen molar-refractivity contribution in [2.24, 2.45) is 0 Å². The van der Waals surface area contributed by atoms with Gasteiger partial charge in [-0.15, -0.1) is 0 Å². The highest BCUT2D eigenvalue weighted by atomic mass is 16.6. The van der Waals surface area contributed by atoms with Crippen molar-refractivity contribution in [1.29, 1.82) is 0 Å². The van der Waals surface area contributed by atoms with Crippen molar-refractivity contribution in [1.82, 2.24) is 4.90 Å². The molecule has 150 valence electrons. The number of benzene rings is 1. The third-order valence-corrected chi connectivity index (χ3v) is 5.03. The highest BCUT2D eigenvalue weighted by Crippen LogP contribution is 2.26. The molecule has 0 heterocycles. The van der Waals surface area contributed by atoms with E-state index in [0.29, 0.717) is 18.0 Å². The van der Waals surface area contributed by atoms with E-state index < -0.39 is 6.09 Å². The predicted octanol–water partition coefficient (Wildman–Crippen LogP) is 5.51. The van der Waals surface area contributed by atoms with Gasteiger partial charge in [-0.3, -0.25) is 4.90 Å². The van der Waals surface area contributed by atoms with E-state index in [4.69, 9.17) is 4.74 Å². The summed E-state index contributed by atoms with van der Waals surface area (Å²) in [5, 5.41) is 9.44. The first-order valence-electron chi connectivity index (χ1n) is 10.0. The zero-order valence-corrected chi connectivity index (χ0v) is 16.7. The van der Waals surface area contributed by atoms with E-state index in [1.807, 2.05) is 18.7 Å². The molecule has 0 aliphatic heterocycles. The molecule has 27 heavy (non-hydrogen) atoms. The van der Waals surface area contributed by atoms with Gasteiger partial charge in [0.1, 0.15) is 5.75 Å². The molecule has 0 aromatic heterocycles. The third-order valence-electron chi connectivity index (χ3n) is 5.03. The van der Waals surface area contributed by atoms with Crippen molar-refractivity contribution >= 4 is 17.9 Å². The number of ether oxygens (including phenoxy) is 1. The van der Waals surface area contributed by atoms with Gasteiger partial charge in [-0.25, -0.2) is 9.59 Å². The number of carboxylic acid groups (broad SMARTS) is 1. The van der Waals surface area contributed by atoms with Gasteiger partial charge in [-0.05, 0) is 45.2 Å². The van der Waals surface area contributed by atoms with E-state index in [-0.39, 0.29) is 18.2 Å². The summed E-state index contributed by atoms with van der Waals surface area (Å²) in [5.41, 5.74) is 0.501. The van der Waals surface area contributed by atoms with Crippen molar-refractivity contribution in [2.45, 2.75) is 77.8 Å². The third kappa shape index (κ3) is 5.88. The maximum Gasteiger partial charge on any atom is 0.415 e. The van der Waals surface area contributed by atoms with Gasteiger partial charge in [0, 0.05) is 24.7 Å². The normalized spacial score (nSPS) is 14.8. The van der Waals surface area contributed by atoms with Crippen molar-refractivity contribution in [2.75, 3.05) is 11.4 Å². The minimum Gasteiger partial charge on any atom is -0.465 e. The number of amides is 2. The molecular formula is C21H32N2O4. The Morgan fingerprint density at radius 3 is 2.52 bits per heavy atom. The maximum atomic E-state index is 12.8. The molecule has 1 fully saturated rings. The monoisotopic (exact) mass is 376 g/mol. The van der Waals surface area contributed by atoms with Gasteiger partial charge in [0.25, 0.3) is 0 Å². The average molecular weight is 376 g/mol. The number of rotatable bonds is 7. The summed E-state index contributed by atoms with van der Waals surface area (Å²) in [6.45, 7) is 6.43. The van der Waals surface area contributed by atoms with Crippen molar-refractivity contribution in [3.8, 4) is 5.75 Å². The molecule has 1 aliphatic rings. The highest BCUT2D eigenvalue weighted by Gasteiger charge is 2.27. The molecule has 0 bridgehead atoms. The lowest BCUT2D eigenvalue weighted by Gasteiger charge is -2.33. The summed E-state index contributed by atoms with van der Waals surface area (Å²) in [5.74, 6) is 0.377. The van der Waals surface area contributed by atoms with E-state index >= 15 is 0 Å². The molecule has 0 saturated heterocycles. The molecule has 1 aromatic rings. The second-order valence-electron chi connectivity index (χ2n) is 7.45. The van der Waals surface area contributed by atoms with Crippen LogP contribution >= 0.6 is 0 Å². The van der Waals surface area contributed by atoms with Crippen LogP contribution in [0.3, 0.4) is 0 Å². The zero-order valence-electron chi connectivity index (χ0n) is 16.7. The van der Waals surface area contributed by atoms with Gasteiger partial charge < -0.3 is 14.7 Å². The highest BCUT2D eigenvalue weighted by molar-refractivity contribution is 5.87. The number of unbranched alkanes of at least 4 members (excludes halogenated alkanes) is 1. The SMILES string of the molecule is CCCCN(C(=O)Oc1cccc(N(C(=O)O)C(C)C)c1)C1CCCCC1. The van der Waals surface area contributed by atoms with Crippen LogP contribution in [0.1, 0.15) is 65.7 Å². The van der Waals surface area contributed by atoms with Gasteiger partial charge in [0.05, 0.1) is 5.69 Å². The van der Waals surface area contributed by atoms with Crippen LogP contribution in [0.4, 0.5) is 15.3 Å². The lowest BCUT2D eigenvalue weighted by atomic mass is 9.94. The predicted molar refractivity (Wildman–Crippen MR) is 107 cm³/mol. The first-order chi connectivity index (χ1) is 12.9.